The summed E-state index contributed by atoms with van der Waals surface area (Å²) in [4.78, 5) is 14.1. The second-order valence-corrected chi connectivity index (χ2v) is 9.47. The first kappa shape index (κ1) is 21.6. The van der Waals surface area contributed by atoms with Gasteiger partial charge in [0.05, 0.1) is 11.1 Å². The minimum Gasteiger partial charge on any atom is -0.490 e. The number of nitrogens with one attached hydrogen (secondary N) is 1. The molecule has 3 aromatic heterocycles. The molecule has 1 saturated carbocycles. The Labute approximate surface area is 194 Å². The largest absolute Gasteiger partial charge is 0.490 e. The Morgan fingerprint density at radius 3 is 2.70 bits per heavy atom. The van der Waals surface area contributed by atoms with Crippen LogP contribution in [0.1, 0.15) is 69.7 Å². The maximum Gasteiger partial charge on any atom is 0.223 e. The molecule has 5 rings (SSSR count). The van der Waals surface area contributed by atoms with Gasteiger partial charge in [0, 0.05) is 29.4 Å². The van der Waals surface area contributed by atoms with E-state index in [4.69, 9.17) is 20.2 Å². The molecule has 172 valence electrons. The first-order valence-electron chi connectivity index (χ1n) is 11.7. The number of hydrogen-bond acceptors (Lipinski definition) is 7. The van der Waals surface area contributed by atoms with Crippen molar-refractivity contribution in [1.29, 1.82) is 0 Å². The van der Waals surface area contributed by atoms with Crippen LogP contribution in [0.25, 0.3) is 16.5 Å². The Balaban J connectivity index is 1.54. The predicted molar refractivity (Wildman–Crippen MR) is 131 cm³/mol. The molecule has 7 nitrogen and oxygen atoms in total. The molecule has 1 aliphatic heterocycles. The van der Waals surface area contributed by atoms with Gasteiger partial charge in [0.25, 0.3) is 0 Å². The van der Waals surface area contributed by atoms with Gasteiger partial charge in [-0.1, -0.05) is 20.4 Å². The van der Waals surface area contributed by atoms with E-state index in [0.717, 1.165) is 52.7 Å². The molecule has 2 aliphatic rings. The van der Waals surface area contributed by atoms with Crippen molar-refractivity contribution < 1.29 is 9.47 Å². The van der Waals surface area contributed by atoms with E-state index in [2.05, 4.69) is 35.7 Å². The summed E-state index contributed by atoms with van der Waals surface area (Å²) in [6, 6.07) is 5.94. The fraction of sp³-hybridized carbons (Fsp3) is 0.423. The van der Waals surface area contributed by atoms with Crippen LogP contribution in [-0.4, -0.2) is 27.2 Å². The molecule has 0 radical (unpaired) electrons. The maximum atomic E-state index is 6.63. The van der Waals surface area contributed by atoms with E-state index < -0.39 is 5.54 Å². The number of pyridine rings is 3. The summed E-state index contributed by atoms with van der Waals surface area (Å²) in [6.07, 6.45) is 6.87. The molecule has 0 aromatic carbocycles. The van der Waals surface area contributed by atoms with Crippen molar-refractivity contribution in [3.8, 4) is 5.88 Å². The average Bonchev–Trinajstić information content (AvgIpc) is 3.61. The van der Waals surface area contributed by atoms with E-state index in [0.29, 0.717) is 17.5 Å². The van der Waals surface area contributed by atoms with Crippen molar-refractivity contribution in [2.45, 2.75) is 70.6 Å². The number of anilines is 2. The first-order valence-corrected chi connectivity index (χ1v) is 11.7. The van der Waals surface area contributed by atoms with Crippen molar-refractivity contribution in [2.24, 2.45) is 5.73 Å². The second-order valence-electron chi connectivity index (χ2n) is 9.47. The predicted octanol–water partition coefficient (Wildman–Crippen LogP) is 5.39. The van der Waals surface area contributed by atoms with Gasteiger partial charge in [0.2, 0.25) is 5.88 Å². The lowest BCUT2D eigenvalue weighted by Gasteiger charge is -2.30. The highest BCUT2D eigenvalue weighted by molar-refractivity contribution is 5.91. The number of rotatable bonds is 6. The Morgan fingerprint density at radius 1 is 1.18 bits per heavy atom. The molecule has 0 amide bonds. The summed E-state index contributed by atoms with van der Waals surface area (Å²) in [5.74, 6) is 2.87. The Kier molecular flexibility index (Phi) is 5.24. The summed E-state index contributed by atoms with van der Waals surface area (Å²) in [5.41, 5.74) is 9.03. The van der Waals surface area contributed by atoms with Crippen LogP contribution < -0.4 is 15.8 Å². The molecule has 1 aliphatic carbocycles. The van der Waals surface area contributed by atoms with Crippen LogP contribution >= 0.6 is 0 Å². The van der Waals surface area contributed by atoms with Crippen molar-refractivity contribution in [2.75, 3.05) is 5.32 Å². The Hall–Kier alpha value is -3.19. The van der Waals surface area contributed by atoms with Crippen LogP contribution in [0.4, 0.5) is 11.6 Å². The molecule has 0 saturated heterocycles. The molecule has 33 heavy (non-hydrogen) atoms. The smallest absolute Gasteiger partial charge is 0.223 e. The highest BCUT2D eigenvalue weighted by Gasteiger charge is 2.29. The van der Waals surface area contributed by atoms with Gasteiger partial charge in [0.1, 0.15) is 29.6 Å². The summed E-state index contributed by atoms with van der Waals surface area (Å²) in [7, 11) is 0. The van der Waals surface area contributed by atoms with Crippen LogP contribution in [0.5, 0.6) is 5.88 Å². The molecular weight excluding hydrogens is 414 g/mol. The molecular formula is C26H31N5O2. The van der Waals surface area contributed by atoms with Gasteiger partial charge in [-0.15, -0.1) is 0 Å². The van der Waals surface area contributed by atoms with Gasteiger partial charge in [-0.05, 0) is 62.3 Å². The zero-order chi connectivity index (χ0) is 23.3. The quantitative estimate of drug-likeness (QED) is 0.525. The minimum absolute atomic E-state index is 0.0303. The average molecular weight is 446 g/mol. The molecule has 7 heteroatoms. The molecule has 0 bridgehead atoms. The molecule has 3 atom stereocenters. The Bertz CT molecular complexity index is 1230. The SMILES string of the molecule is C=C1O[C@@H](C)[C@H](C)c2nc(Nc3cc4c([C@@](C)(N)CC)cnc(OC5CC5)c4cn3)ccc21. The zero-order valence-electron chi connectivity index (χ0n) is 19.7. The van der Waals surface area contributed by atoms with Crippen molar-refractivity contribution in [3.05, 3.63) is 54.0 Å². The fourth-order valence-corrected chi connectivity index (χ4v) is 4.13. The molecule has 0 spiro atoms. The van der Waals surface area contributed by atoms with Gasteiger partial charge in [-0.2, -0.15) is 0 Å². The minimum atomic E-state index is -0.516. The summed E-state index contributed by atoms with van der Waals surface area (Å²) in [5, 5.41) is 5.24. The van der Waals surface area contributed by atoms with Crippen molar-refractivity contribution in [3.63, 3.8) is 0 Å². The van der Waals surface area contributed by atoms with E-state index >= 15 is 0 Å². The standard InChI is InChI=1S/C26H31N5O2/c1-6-26(5,27)21-13-29-25(33-17-7-8-17)20-12-28-23(11-19(20)21)30-22-10-9-18-16(4)32-15(3)14(2)24(18)31-22/h9-15,17H,4,6-8,27H2,1-3,5H3,(H,28,30,31)/t14-,15-,26-/m0/s1. The van der Waals surface area contributed by atoms with Gasteiger partial charge < -0.3 is 20.5 Å². The Morgan fingerprint density at radius 2 is 1.97 bits per heavy atom. The third kappa shape index (κ3) is 4.02. The second kappa shape index (κ2) is 7.99. The summed E-state index contributed by atoms with van der Waals surface area (Å²) in [6.45, 7) is 12.3. The van der Waals surface area contributed by atoms with E-state index in [1.54, 1.807) is 0 Å². The number of ether oxygens (including phenoxy) is 2. The number of nitrogens with two attached hydrogens (primary N) is 1. The maximum absolute atomic E-state index is 6.63. The van der Waals surface area contributed by atoms with E-state index in [9.17, 15) is 0 Å². The molecule has 0 unspecified atom stereocenters. The first-order chi connectivity index (χ1) is 15.8. The lowest BCUT2D eigenvalue weighted by Crippen LogP contribution is -2.32. The van der Waals surface area contributed by atoms with Crippen LogP contribution in [0.3, 0.4) is 0 Å². The van der Waals surface area contributed by atoms with Crippen LogP contribution in [-0.2, 0) is 10.3 Å². The van der Waals surface area contributed by atoms with E-state index in [-0.39, 0.29) is 18.1 Å². The highest BCUT2D eigenvalue weighted by atomic mass is 16.5. The van der Waals surface area contributed by atoms with Crippen molar-refractivity contribution in [1.82, 2.24) is 15.0 Å². The topological polar surface area (TPSA) is 95.2 Å². The number of nitrogens with zero attached hydrogens (tertiary/aromatic N) is 3. The van der Waals surface area contributed by atoms with Gasteiger partial charge in [-0.3, -0.25) is 0 Å². The van der Waals surface area contributed by atoms with Crippen LogP contribution in [0.2, 0.25) is 0 Å². The zero-order valence-corrected chi connectivity index (χ0v) is 19.7. The van der Waals surface area contributed by atoms with Gasteiger partial charge in [0.15, 0.2) is 0 Å². The van der Waals surface area contributed by atoms with Gasteiger partial charge >= 0.3 is 0 Å². The summed E-state index contributed by atoms with van der Waals surface area (Å²) >= 11 is 0. The molecule has 1 fully saturated rings. The van der Waals surface area contributed by atoms with E-state index in [1.165, 1.54) is 0 Å². The van der Waals surface area contributed by atoms with Crippen LogP contribution in [0.15, 0.2) is 37.2 Å². The lowest BCUT2D eigenvalue weighted by atomic mass is 9.88. The lowest BCUT2D eigenvalue weighted by molar-refractivity contribution is 0.148. The fourth-order valence-electron chi connectivity index (χ4n) is 4.13. The number of aromatic nitrogens is 3. The normalized spacial score (nSPS) is 21.8. The summed E-state index contributed by atoms with van der Waals surface area (Å²) < 4.78 is 11.9. The van der Waals surface area contributed by atoms with Crippen molar-refractivity contribution >= 4 is 28.2 Å². The molecule has 3 aromatic rings. The monoisotopic (exact) mass is 445 g/mol. The number of hydrogen-bond donors (Lipinski definition) is 2. The van der Waals surface area contributed by atoms with Crippen LogP contribution in [0, 0.1) is 0 Å². The molecule has 4 heterocycles. The number of fused-ring (bicyclic) bond motifs is 2. The third-order valence-electron chi connectivity index (χ3n) is 6.83. The highest BCUT2D eigenvalue weighted by Crippen LogP contribution is 2.38. The molecule has 3 N–H and O–H groups in total. The van der Waals surface area contributed by atoms with Gasteiger partial charge in [-0.25, -0.2) is 15.0 Å². The third-order valence-corrected chi connectivity index (χ3v) is 6.83. The van der Waals surface area contributed by atoms with E-state index in [1.807, 2.05) is 44.4 Å².